The first kappa shape index (κ1) is 14.6. The van der Waals surface area contributed by atoms with Crippen molar-refractivity contribution < 1.29 is 23.7 Å². The fourth-order valence-corrected chi connectivity index (χ4v) is 2.37. The van der Waals surface area contributed by atoms with Gasteiger partial charge in [0, 0.05) is 0 Å². The summed E-state index contributed by atoms with van der Waals surface area (Å²) in [5.74, 6) is 1.82. The molecule has 4 atom stereocenters. The van der Waals surface area contributed by atoms with Gasteiger partial charge in [-0.2, -0.15) is 14.4 Å². The molecule has 4 N–H and O–H groups in total. The number of ether oxygens (including phenoxy) is 1. The highest BCUT2D eigenvalue weighted by molar-refractivity contribution is 5.81. The first-order chi connectivity index (χ1) is 10.4. The van der Waals surface area contributed by atoms with Crippen LogP contribution in [0.15, 0.2) is 6.33 Å². The van der Waals surface area contributed by atoms with Crippen LogP contribution < -0.4 is 5.73 Å². The number of anilines is 1. The number of terminal acetylenes is 1. The van der Waals surface area contributed by atoms with Gasteiger partial charge in [0.15, 0.2) is 35.0 Å². The Hall–Kier alpha value is -2.35. The van der Waals surface area contributed by atoms with Crippen molar-refractivity contribution in [1.29, 1.82) is 0 Å². The minimum atomic E-state index is -1.99. The van der Waals surface area contributed by atoms with Crippen LogP contribution >= 0.6 is 0 Å². The Kier molecular flexibility index (Phi) is 3.21. The number of nitrogens with two attached hydrogens (primary N) is 1. The van der Waals surface area contributed by atoms with E-state index in [1.54, 1.807) is 0 Å². The maximum Gasteiger partial charge on any atom is 0.312 e. The molecule has 3 rings (SSSR count). The minimum absolute atomic E-state index is 0.0499. The van der Waals surface area contributed by atoms with Gasteiger partial charge in [0.25, 0.3) is 0 Å². The SMILES string of the molecule is C#C[C@]1(CO)O[C@@H](n2cnc3c(N)nc(F)nc32)[C@@H](F)[C@@H]1O. The van der Waals surface area contributed by atoms with Gasteiger partial charge in [-0.1, -0.05) is 5.92 Å². The molecule has 0 amide bonds. The van der Waals surface area contributed by atoms with E-state index in [0.29, 0.717) is 0 Å². The number of alkyl halides is 1. The number of nitrogen functional groups attached to an aromatic ring is 1. The molecule has 1 aliphatic heterocycles. The maximum atomic E-state index is 14.3. The number of aliphatic hydroxyl groups is 2. The van der Waals surface area contributed by atoms with Crippen molar-refractivity contribution in [3.63, 3.8) is 0 Å². The zero-order valence-corrected chi connectivity index (χ0v) is 11.0. The molecule has 22 heavy (non-hydrogen) atoms. The first-order valence-electron chi connectivity index (χ1n) is 6.17. The summed E-state index contributed by atoms with van der Waals surface area (Å²) in [5, 5.41) is 19.2. The van der Waals surface area contributed by atoms with Gasteiger partial charge in [-0.3, -0.25) is 4.57 Å². The van der Waals surface area contributed by atoms with E-state index < -0.39 is 36.8 Å². The van der Waals surface area contributed by atoms with Gasteiger partial charge in [0.05, 0.1) is 12.9 Å². The van der Waals surface area contributed by atoms with E-state index in [9.17, 15) is 19.0 Å². The van der Waals surface area contributed by atoms with Crippen LogP contribution in [0.1, 0.15) is 6.23 Å². The standard InChI is InChI=1S/C12H11F2N5O3/c1-2-12(3-20)7(21)5(13)10(22-12)19-4-16-6-8(15)17-11(14)18-9(6)19/h1,4-5,7,10,20-21H,3H2,(H2,15,17,18)/t5-,7-,10+,12+/m0/s1. The van der Waals surface area contributed by atoms with E-state index in [1.807, 2.05) is 5.92 Å². The van der Waals surface area contributed by atoms with Crippen molar-refractivity contribution in [2.75, 3.05) is 12.3 Å². The second-order valence-corrected chi connectivity index (χ2v) is 4.79. The Morgan fingerprint density at radius 3 is 2.86 bits per heavy atom. The van der Waals surface area contributed by atoms with Crippen LogP contribution in [0.25, 0.3) is 11.2 Å². The molecule has 0 saturated carbocycles. The smallest absolute Gasteiger partial charge is 0.312 e. The van der Waals surface area contributed by atoms with Crippen molar-refractivity contribution in [2.45, 2.75) is 24.1 Å². The van der Waals surface area contributed by atoms with Crippen molar-refractivity contribution >= 4 is 17.0 Å². The number of rotatable bonds is 2. The third-order valence-electron chi connectivity index (χ3n) is 3.56. The fourth-order valence-electron chi connectivity index (χ4n) is 2.37. The van der Waals surface area contributed by atoms with Gasteiger partial charge in [-0.15, -0.1) is 6.42 Å². The summed E-state index contributed by atoms with van der Waals surface area (Å²) in [6.45, 7) is -0.792. The molecular weight excluding hydrogens is 300 g/mol. The third-order valence-corrected chi connectivity index (χ3v) is 3.56. The summed E-state index contributed by atoms with van der Waals surface area (Å²) < 4.78 is 34.0. The molecule has 0 radical (unpaired) electrons. The Morgan fingerprint density at radius 2 is 2.27 bits per heavy atom. The molecule has 3 heterocycles. The molecule has 8 nitrogen and oxygen atoms in total. The fraction of sp³-hybridized carbons (Fsp3) is 0.417. The van der Waals surface area contributed by atoms with Gasteiger partial charge >= 0.3 is 6.08 Å². The van der Waals surface area contributed by atoms with E-state index in [1.165, 1.54) is 0 Å². The summed E-state index contributed by atoms with van der Waals surface area (Å²) >= 11 is 0. The summed E-state index contributed by atoms with van der Waals surface area (Å²) in [4.78, 5) is 10.7. The summed E-state index contributed by atoms with van der Waals surface area (Å²) in [6.07, 6.45) is 0.00803. The van der Waals surface area contributed by atoms with Gasteiger partial charge in [0.1, 0.15) is 6.10 Å². The number of hydrogen-bond acceptors (Lipinski definition) is 7. The maximum absolute atomic E-state index is 14.3. The molecule has 1 aliphatic rings. The number of halogens is 2. The topological polar surface area (TPSA) is 119 Å². The highest BCUT2D eigenvalue weighted by atomic mass is 19.1. The molecule has 116 valence electrons. The highest BCUT2D eigenvalue weighted by Crippen LogP contribution is 2.39. The molecule has 0 aliphatic carbocycles. The van der Waals surface area contributed by atoms with E-state index in [-0.39, 0.29) is 17.0 Å². The summed E-state index contributed by atoms with van der Waals surface area (Å²) in [6, 6.07) is 0. The first-order valence-corrected chi connectivity index (χ1v) is 6.17. The number of nitrogens with zero attached hydrogens (tertiary/aromatic N) is 4. The summed E-state index contributed by atoms with van der Waals surface area (Å²) in [5.41, 5.74) is 3.54. The van der Waals surface area contributed by atoms with Crippen molar-refractivity contribution in [2.24, 2.45) is 0 Å². The van der Waals surface area contributed by atoms with Gasteiger partial charge in [0.2, 0.25) is 0 Å². The molecule has 1 saturated heterocycles. The van der Waals surface area contributed by atoms with E-state index in [4.69, 9.17) is 16.9 Å². The van der Waals surface area contributed by atoms with E-state index >= 15 is 0 Å². The molecule has 1 fully saturated rings. The summed E-state index contributed by atoms with van der Waals surface area (Å²) in [7, 11) is 0. The van der Waals surface area contributed by atoms with E-state index in [0.717, 1.165) is 10.9 Å². The molecule has 0 spiro atoms. The van der Waals surface area contributed by atoms with Crippen LogP contribution in [-0.4, -0.2) is 54.2 Å². The average molecular weight is 311 g/mol. The Morgan fingerprint density at radius 1 is 1.55 bits per heavy atom. The zero-order chi connectivity index (χ0) is 16.1. The number of imidazole rings is 1. The molecule has 0 aromatic carbocycles. The Balaban J connectivity index is 2.11. The van der Waals surface area contributed by atoms with Crippen molar-refractivity contribution in [3.05, 3.63) is 12.4 Å². The van der Waals surface area contributed by atoms with E-state index in [2.05, 4.69) is 15.0 Å². The molecule has 10 heteroatoms. The third kappa shape index (κ3) is 1.83. The van der Waals surface area contributed by atoms with Crippen LogP contribution in [0.4, 0.5) is 14.6 Å². The number of aromatic nitrogens is 4. The van der Waals surface area contributed by atoms with Crippen LogP contribution in [0.3, 0.4) is 0 Å². The predicted molar refractivity (Wildman–Crippen MR) is 69.4 cm³/mol. The zero-order valence-electron chi connectivity index (χ0n) is 11.0. The highest BCUT2D eigenvalue weighted by Gasteiger charge is 2.55. The average Bonchev–Trinajstić information content (AvgIpc) is 3.01. The lowest BCUT2D eigenvalue weighted by Crippen LogP contribution is -2.44. The van der Waals surface area contributed by atoms with Crippen molar-refractivity contribution in [3.8, 4) is 12.3 Å². The van der Waals surface area contributed by atoms with Crippen LogP contribution in [-0.2, 0) is 4.74 Å². The van der Waals surface area contributed by atoms with Crippen LogP contribution in [0.2, 0.25) is 0 Å². The van der Waals surface area contributed by atoms with Crippen LogP contribution in [0.5, 0.6) is 0 Å². The number of aliphatic hydroxyl groups excluding tert-OH is 2. The lowest BCUT2D eigenvalue weighted by atomic mass is 9.98. The monoisotopic (exact) mass is 311 g/mol. The van der Waals surface area contributed by atoms with Gasteiger partial charge in [-0.05, 0) is 0 Å². The molecule has 0 unspecified atom stereocenters. The molecule has 2 aromatic rings. The Labute approximate surface area is 122 Å². The largest absolute Gasteiger partial charge is 0.392 e. The predicted octanol–water partition coefficient (Wildman–Crippen LogP) is -0.860. The second-order valence-electron chi connectivity index (χ2n) is 4.79. The molecule has 2 aromatic heterocycles. The van der Waals surface area contributed by atoms with Crippen LogP contribution in [0, 0.1) is 18.4 Å². The van der Waals surface area contributed by atoms with Crippen molar-refractivity contribution in [1.82, 2.24) is 19.5 Å². The number of fused-ring (bicyclic) bond motifs is 1. The van der Waals surface area contributed by atoms with Gasteiger partial charge in [-0.25, -0.2) is 9.37 Å². The lowest BCUT2D eigenvalue weighted by molar-refractivity contribution is -0.0900. The quantitative estimate of drug-likeness (QED) is 0.487. The minimum Gasteiger partial charge on any atom is -0.392 e. The Bertz CT molecular complexity index is 776. The number of hydrogen-bond donors (Lipinski definition) is 3. The normalized spacial score (nSPS) is 31.5. The lowest BCUT2D eigenvalue weighted by Gasteiger charge is -2.23. The molecular formula is C12H11F2N5O3. The van der Waals surface area contributed by atoms with Gasteiger partial charge < -0.3 is 20.7 Å². The second kappa shape index (κ2) is 4.84. The molecule has 0 bridgehead atoms.